The summed E-state index contributed by atoms with van der Waals surface area (Å²) in [6.45, 7) is 7.76. The smallest absolute Gasteiger partial charge is 0.262 e. The third-order valence-electron chi connectivity index (χ3n) is 6.06. The van der Waals surface area contributed by atoms with Gasteiger partial charge in [-0.25, -0.2) is 4.98 Å². The van der Waals surface area contributed by atoms with Gasteiger partial charge in [-0.3, -0.25) is 14.2 Å². The summed E-state index contributed by atoms with van der Waals surface area (Å²) < 4.78 is 1.76. The molecular weight excluding hydrogens is 432 g/mol. The molecule has 2 aromatic carbocycles. The Hall–Kier alpha value is -2.64. The van der Waals surface area contributed by atoms with E-state index >= 15 is 0 Å². The summed E-state index contributed by atoms with van der Waals surface area (Å²) in [5, 5.41) is 3.88. The van der Waals surface area contributed by atoms with E-state index in [-0.39, 0.29) is 17.5 Å². The molecule has 4 rings (SSSR count). The van der Waals surface area contributed by atoms with Crippen molar-refractivity contribution < 1.29 is 4.79 Å². The van der Waals surface area contributed by atoms with Crippen LogP contribution in [0.25, 0.3) is 10.9 Å². The molecule has 1 atom stereocenters. The van der Waals surface area contributed by atoms with Crippen molar-refractivity contribution in [3.63, 3.8) is 0 Å². The highest BCUT2D eigenvalue weighted by Gasteiger charge is 2.30. The van der Waals surface area contributed by atoms with Crippen LogP contribution in [0.15, 0.2) is 64.5 Å². The fourth-order valence-corrected chi connectivity index (χ4v) is 5.07. The molecule has 1 aliphatic carbocycles. The summed E-state index contributed by atoms with van der Waals surface area (Å²) in [5.74, 6) is -0.0224. The zero-order valence-electron chi connectivity index (χ0n) is 19.4. The fraction of sp³-hybridized carbons (Fsp3) is 0.423. The van der Waals surface area contributed by atoms with Crippen LogP contribution in [0.1, 0.15) is 43.9 Å². The summed E-state index contributed by atoms with van der Waals surface area (Å²) in [6.07, 6.45) is 2.91. The van der Waals surface area contributed by atoms with E-state index < -0.39 is 5.25 Å². The Morgan fingerprint density at radius 1 is 1.12 bits per heavy atom. The van der Waals surface area contributed by atoms with Crippen LogP contribution in [0.4, 0.5) is 0 Å². The molecule has 1 amide bonds. The highest BCUT2D eigenvalue weighted by atomic mass is 32.2. The number of aromatic nitrogens is 2. The van der Waals surface area contributed by atoms with E-state index in [2.05, 4.69) is 24.1 Å². The number of hydrogen-bond donors (Lipinski definition) is 1. The number of amides is 1. The summed E-state index contributed by atoms with van der Waals surface area (Å²) in [5.41, 5.74) is 1.54. The minimum atomic E-state index is -0.464. The summed E-state index contributed by atoms with van der Waals surface area (Å²) in [7, 11) is 0. The largest absolute Gasteiger partial charge is 0.352 e. The van der Waals surface area contributed by atoms with Crippen LogP contribution < -0.4 is 10.9 Å². The number of nitrogens with one attached hydrogen (secondary N) is 1. The summed E-state index contributed by atoms with van der Waals surface area (Å²) in [4.78, 5) is 33.8. The van der Waals surface area contributed by atoms with Gasteiger partial charge in [0.1, 0.15) is 5.25 Å². The van der Waals surface area contributed by atoms with Gasteiger partial charge in [-0.1, -0.05) is 68.1 Å². The van der Waals surface area contributed by atoms with Crippen molar-refractivity contribution in [2.45, 2.75) is 56.1 Å². The number of nitrogens with zero attached hydrogens (tertiary/aromatic N) is 3. The Morgan fingerprint density at radius 2 is 1.82 bits per heavy atom. The number of para-hydroxylation sites is 1. The van der Waals surface area contributed by atoms with Crippen molar-refractivity contribution >= 4 is 28.6 Å². The van der Waals surface area contributed by atoms with E-state index in [4.69, 9.17) is 4.98 Å². The number of carbonyl (C=O) groups excluding carboxylic acids is 1. The molecule has 0 spiro atoms. The number of hydrogen-bond acceptors (Lipinski definition) is 5. The Bertz CT molecular complexity index is 1140. The second-order valence-electron chi connectivity index (χ2n) is 8.44. The van der Waals surface area contributed by atoms with E-state index in [9.17, 15) is 9.59 Å². The molecule has 174 valence electrons. The van der Waals surface area contributed by atoms with Gasteiger partial charge in [0.25, 0.3) is 5.56 Å². The highest BCUT2D eigenvalue weighted by molar-refractivity contribution is 8.00. The number of thioether (sulfide) groups is 1. The third-order valence-corrected chi connectivity index (χ3v) is 7.31. The first kappa shape index (κ1) is 23.5. The van der Waals surface area contributed by atoms with Gasteiger partial charge in [0.15, 0.2) is 5.16 Å². The van der Waals surface area contributed by atoms with Crippen molar-refractivity contribution in [3.05, 3.63) is 70.5 Å². The van der Waals surface area contributed by atoms with Crippen molar-refractivity contribution in [2.75, 3.05) is 19.6 Å². The van der Waals surface area contributed by atoms with Gasteiger partial charge in [0.05, 0.1) is 10.9 Å². The molecule has 1 unspecified atom stereocenters. The minimum Gasteiger partial charge on any atom is -0.352 e. The second-order valence-corrected chi connectivity index (χ2v) is 9.51. The number of carbonyl (C=O) groups is 1. The molecular formula is C26H32N4O2S. The maximum absolute atomic E-state index is 13.4. The van der Waals surface area contributed by atoms with Crippen molar-refractivity contribution in [1.29, 1.82) is 0 Å². The van der Waals surface area contributed by atoms with Crippen LogP contribution in [0.2, 0.25) is 0 Å². The number of rotatable bonds is 11. The van der Waals surface area contributed by atoms with E-state index in [0.29, 0.717) is 22.6 Å². The second kappa shape index (κ2) is 11.0. The molecule has 0 saturated heterocycles. The zero-order chi connectivity index (χ0) is 23.2. The van der Waals surface area contributed by atoms with Crippen molar-refractivity contribution in [2.24, 2.45) is 0 Å². The maximum atomic E-state index is 13.4. The summed E-state index contributed by atoms with van der Waals surface area (Å²) >= 11 is 1.37. The molecule has 3 aromatic rings. The van der Waals surface area contributed by atoms with Gasteiger partial charge < -0.3 is 10.2 Å². The molecule has 1 fully saturated rings. The van der Waals surface area contributed by atoms with Crippen LogP contribution in [0.3, 0.4) is 0 Å². The normalized spacial score (nSPS) is 14.5. The van der Waals surface area contributed by atoms with Gasteiger partial charge in [0, 0.05) is 12.6 Å². The first-order valence-corrected chi connectivity index (χ1v) is 12.7. The first-order valence-electron chi connectivity index (χ1n) is 11.8. The first-order chi connectivity index (χ1) is 16.1. The predicted molar refractivity (Wildman–Crippen MR) is 135 cm³/mol. The molecule has 1 heterocycles. The maximum Gasteiger partial charge on any atom is 0.262 e. The number of benzene rings is 2. The minimum absolute atomic E-state index is 0.0224. The molecule has 0 aliphatic heterocycles. The van der Waals surface area contributed by atoms with E-state index in [1.54, 1.807) is 4.57 Å². The molecule has 1 saturated carbocycles. The van der Waals surface area contributed by atoms with Gasteiger partial charge in [-0.2, -0.15) is 0 Å². The van der Waals surface area contributed by atoms with E-state index in [1.165, 1.54) is 11.8 Å². The van der Waals surface area contributed by atoms with Gasteiger partial charge in [-0.15, -0.1) is 0 Å². The van der Waals surface area contributed by atoms with Crippen LogP contribution in [0, 0.1) is 0 Å². The topological polar surface area (TPSA) is 67.2 Å². The SMILES string of the molecule is CCN(CC)CCCn1c(SC(C(=O)NC2CC2)c2ccccc2)nc2ccccc2c1=O. The average Bonchev–Trinajstić information content (AvgIpc) is 3.66. The van der Waals surface area contributed by atoms with Crippen molar-refractivity contribution in [3.8, 4) is 0 Å². The molecule has 1 aromatic heterocycles. The molecule has 1 aliphatic rings. The molecule has 1 N–H and O–H groups in total. The highest BCUT2D eigenvalue weighted by Crippen LogP contribution is 2.35. The molecule has 0 bridgehead atoms. The third kappa shape index (κ3) is 5.84. The van der Waals surface area contributed by atoms with Crippen LogP contribution >= 0.6 is 11.8 Å². The van der Waals surface area contributed by atoms with Crippen LogP contribution in [-0.2, 0) is 11.3 Å². The monoisotopic (exact) mass is 464 g/mol. The fourth-order valence-electron chi connectivity index (χ4n) is 3.94. The molecule has 33 heavy (non-hydrogen) atoms. The van der Waals surface area contributed by atoms with Gasteiger partial charge >= 0.3 is 0 Å². The predicted octanol–water partition coefficient (Wildman–Crippen LogP) is 4.24. The van der Waals surface area contributed by atoms with Crippen LogP contribution in [0.5, 0.6) is 0 Å². The lowest BCUT2D eigenvalue weighted by Gasteiger charge is -2.21. The lowest BCUT2D eigenvalue weighted by atomic mass is 10.1. The van der Waals surface area contributed by atoms with Crippen LogP contribution in [-0.4, -0.2) is 46.0 Å². The van der Waals surface area contributed by atoms with Gasteiger partial charge in [-0.05, 0) is 56.6 Å². The van der Waals surface area contributed by atoms with E-state index in [1.807, 2.05) is 54.6 Å². The summed E-state index contributed by atoms with van der Waals surface area (Å²) in [6, 6.07) is 17.5. The molecule has 0 radical (unpaired) electrons. The molecule has 6 nitrogen and oxygen atoms in total. The quantitative estimate of drug-likeness (QED) is 0.340. The van der Waals surface area contributed by atoms with E-state index in [0.717, 1.165) is 44.5 Å². The van der Waals surface area contributed by atoms with Crippen molar-refractivity contribution in [1.82, 2.24) is 19.8 Å². The lowest BCUT2D eigenvalue weighted by molar-refractivity contribution is -0.120. The standard InChI is InChI=1S/C26H32N4O2S/c1-3-29(4-2)17-10-18-30-25(32)21-13-8-9-14-22(21)28-26(30)33-23(19-11-6-5-7-12-19)24(31)27-20-15-16-20/h5-9,11-14,20,23H,3-4,10,15-18H2,1-2H3,(H,27,31). The Morgan fingerprint density at radius 3 is 2.52 bits per heavy atom. The van der Waals surface area contributed by atoms with Gasteiger partial charge in [0.2, 0.25) is 5.91 Å². The Kier molecular flexibility index (Phi) is 7.83. The zero-order valence-corrected chi connectivity index (χ0v) is 20.2. The molecule has 7 heteroatoms. The Labute approximate surface area is 199 Å². The lowest BCUT2D eigenvalue weighted by Crippen LogP contribution is -2.31. The Balaban J connectivity index is 1.68. The number of fused-ring (bicyclic) bond motifs is 1. The average molecular weight is 465 g/mol.